The number of fused-ring (bicyclic) bond motifs is 3. The van der Waals surface area contributed by atoms with Gasteiger partial charge >= 0.3 is 12.2 Å². The molecule has 8 rings (SSSR count). The molecule has 15 nitrogen and oxygen atoms in total. The maximum absolute atomic E-state index is 13.7. The van der Waals surface area contributed by atoms with Crippen LogP contribution >= 0.6 is 0 Å². The van der Waals surface area contributed by atoms with Crippen LogP contribution in [0, 0.1) is 11.8 Å². The van der Waals surface area contributed by atoms with Gasteiger partial charge < -0.3 is 44.6 Å². The van der Waals surface area contributed by atoms with Gasteiger partial charge in [-0.1, -0.05) is 52.5 Å². The Hall–Kier alpha value is -6.64. The number of hydrogen-bond acceptors (Lipinski definition) is 9. The lowest BCUT2D eigenvalue weighted by atomic mass is 9.92. The molecule has 4 atom stereocenters. The van der Waals surface area contributed by atoms with Crippen molar-refractivity contribution in [3.63, 3.8) is 0 Å². The van der Waals surface area contributed by atoms with Crippen molar-refractivity contribution in [1.29, 1.82) is 0 Å². The largest absolute Gasteiger partial charge is 0.456 e. The van der Waals surface area contributed by atoms with Crippen molar-refractivity contribution in [2.75, 3.05) is 27.3 Å². The molecule has 0 aliphatic carbocycles. The first-order chi connectivity index (χ1) is 29.3. The number of aromatic amines is 2. The second-order valence-electron chi connectivity index (χ2n) is 16.6. The Morgan fingerprint density at radius 2 is 1.33 bits per heavy atom. The lowest BCUT2D eigenvalue weighted by Crippen LogP contribution is -2.51. The summed E-state index contributed by atoms with van der Waals surface area (Å²) in [7, 11) is 2.57. The van der Waals surface area contributed by atoms with E-state index in [0.717, 1.165) is 75.8 Å². The van der Waals surface area contributed by atoms with Crippen LogP contribution in [-0.4, -0.2) is 93.1 Å². The number of imidazole rings is 2. The van der Waals surface area contributed by atoms with E-state index in [1.165, 1.54) is 14.2 Å². The number of hydrogen-bond donors (Lipinski definition) is 4. The molecule has 2 aromatic heterocycles. The Kier molecular flexibility index (Phi) is 11.3. The molecule has 0 spiro atoms. The number of benzene rings is 3. The number of carbonyl (C=O) groups excluding carboxylic acids is 4. The van der Waals surface area contributed by atoms with Crippen LogP contribution in [-0.2, 0) is 19.1 Å². The summed E-state index contributed by atoms with van der Waals surface area (Å²) in [4.78, 5) is 71.6. The molecular weight excluding hydrogens is 777 g/mol. The standard InChI is InChI=1S/C46H52N8O7/c1-24(2)39(51-45(57)59-6)43(55)53-18-8-10-35(53)41-47-23-34(50-41)29-14-17-37-31(20-29)26(5)30-15-12-28(22-38(30)61-37)27-13-16-32-33(21-27)49-42(48-32)36-11-9-19-54(36)44(56)40(25(3)4)52-46(58)60-7/h12-17,20-25,35-36,39-40H,5,8-11,18-19H2,1-4,6-7H3,(H,47,50)(H,48,49)(H,51,57)(H,52,58)/t35-,36-,39-,40-/m0/s1. The number of alkyl carbamates (subject to hydrolysis) is 2. The number of amides is 4. The van der Waals surface area contributed by atoms with Crippen LogP contribution < -0.4 is 15.4 Å². The van der Waals surface area contributed by atoms with Crippen LogP contribution in [0.1, 0.15) is 88.2 Å². The second kappa shape index (κ2) is 16.8. The summed E-state index contributed by atoms with van der Waals surface area (Å²) >= 11 is 0. The minimum Gasteiger partial charge on any atom is -0.456 e. The molecule has 0 unspecified atom stereocenters. The molecule has 3 aliphatic heterocycles. The number of nitrogens with zero attached hydrogens (tertiary/aromatic N) is 4. The van der Waals surface area contributed by atoms with E-state index >= 15 is 0 Å². The monoisotopic (exact) mass is 828 g/mol. The van der Waals surface area contributed by atoms with E-state index in [1.807, 2.05) is 75.1 Å². The predicted molar refractivity (Wildman–Crippen MR) is 229 cm³/mol. The van der Waals surface area contributed by atoms with Crippen LogP contribution in [0.15, 0.2) is 67.4 Å². The van der Waals surface area contributed by atoms with Crippen molar-refractivity contribution >= 4 is 40.6 Å². The van der Waals surface area contributed by atoms with Gasteiger partial charge in [0.1, 0.15) is 35.2 Å². The fourth-order valence-electron chi connectivity index (χ4n) is 8.73. The maximum Gasteiger partial charge on any atom is 0.407 e. The highest BCUT2D eigenvalue weighted by Crippen LogP contribution is 2.46. The van der Waals surface area contributed by atoms with Gasteiger partial charge in [-0.2, -0.15) is 0 Å². The molecule has 15 heteroatoms. The van der Waals surface area contributed by atoms with Gasteiger partial charge in [-0.05, 0) is 90.6 Å². The highest BCUT2D eigenvalue weighted by atomic mass is 16.5. The lowest BCUT2D eigenvalue weighted by Gasteiger charge is -2.30. The molecule has 3 aromatic carbocycles. The van der Waals surface area contributed by atoms with E-state index < -0.39 is 24.3 Å². The number of likely N-dealkylation sites (tertiary alicyclic amines) is 2. The number of ether oxygens (including phenoxy) is 3. The van der Waals surface area contributed by atoms with Crippen LogP contribution in [0.25, 0.3) is 39.0 Å². The Balaban J connectivity index is 0.981. The average molecular weight is 829 g/mol. The summed E-state index contributed by atoms with van der Waals surface area (Å²) in [5.41, 5.74) is 7.87. The molecule has 5 heterocycles. The first-order valence-corrected chi connectivity index (χ1v) is 20.9. The number of methoxy groups -OCH3 is 2. The topological polar surface area (TPSA) is 184 Å². The van der Waals surface area contributed by atoms with Crippen molar-refractivity contribution in [3.8, 4) is 33.9 Å². The van der Waals surface area contributed by atoms with Gasteiger partial charge in [0, 0.05) is 29.8 Å². The normalized spacial score (nSPS) is 18.1. The zero-order valence-corrected chi connectivity index (χ0v) is 35.3. The zero-order valence-electron chi connectivity index (χ0n) is 35.3. The maximum atomic E-state index is 13.7. The summed E-state index contributed by atoms with van der Waals surface area (Å²) in [6.07, 6.45) is 3.69. The van der Waals surface area contributed by atoms with Crippen LogP contribution in [0.5, 0.6) is 11.5 Å². The van der Waals surface area contributed by atoms with E-state index in [2.05, 4.69) is 39.3 Å². The molecule has 318 valence electrons. The first-order valence-electron chi connectivity index (χ1n) is 20.9. The summed E-state index contributed by atoms with van der Waals surface area (Å²) in [6.45, 7) is 13.2. The fourth-order valence-corrected chi connectivity index (χ4v) is 8.73. The van der Waals surface area contributed by atoms with Crippen LogP contribution in [0.3, 0.4) is 0 Å². The summed E-state index contributed by atoms with van der Waals surface area (Å²) in [5.74, 6) is 2.24. The van der Waals surface area contributed by atoms with E-state index in [0.29, 0.717) is 36.2 Å². The molecule has 61 heavy (non-hydrogen) atoms. The van der Waals surface area contributed by atoms with Crippen molar-refractivity contribution in [2.24, 2.45) is 11.8 Å². The molecular formula is C46H52N8O7. The molecule has 0 saturated carbocycles. The zero-order chi connectivity index (χ0) is 43.1. The third-order valence-electron chi connectivity index (χ3n) is 12.1. The molecule has 2 fully saturated rings. The number of rotatable bonds is 10. The highest BCUT2D eigenvalue weighted by Gasteiger charge is 2.39. The van der Waals surface area contributed by atoms with Gasteiger partial charge in [0.05, 0.1) is 49.2 Å². The number of H-pyrrole nitrogens is 2. The Morgan fingerprint density at radius 1 is 0.738 bits per heavy atom. The van der Waals surface area contributed by atoms with Crippen molar-refractivity contribution < 1.29 is 33.4 Å². The van der Waals surface area contributed by atoms with Gasteiger partial charge in [-0.25, -0.2) is 19.6 Å². The van der Waals surface area contributed by atoms with Gasteiger partial charge in [0.2, 0.25) is 11.8 Å². The summed E-state index contributed by atoms with van der Waals surface area (Å²) in [5, 5.41) is 5.41. The molecule has 0 radical (unpaired) electrons. The Bertz CT molecular complexity index is 2520. The number of aromatic nitrogens is 4. The Morgan fingerprint density at radius 3 is 1.95 bits per heavy atom. The quantitative estimate of drug-likeness (QED) is 0.107. The third-order valence-corrected chi connectivity index (χ3v) is 12.1. The lowest BCUT2D eigenvalue weighted by molar-refractivity contribution is -0.136. The molecule has 4 N–H and O–H groups in total. The van der Waals surface area contributed by atoms with Crippen LogP contribution in [0.2, 0.25) is 0 Å². The van der Waals surface area contributed by atoms with Gasteiger partial charge in [0.15, 0.2) is 0 Å². The summed E-state index contributed by atoms with van der Waals surface area (Å²) in [6, 6.07) is 16.2. The predicted octanol–water partition coefficient (Wildman–Crippen LogP) is 7.88. The van der Waals surface area contributed by atoms with Gasteiger partial charge in [-0.3, -0.25) is 9.59 Å². The molecule has 5 aromatic rings. The van der Waals surface area contributed by atoms with Gasteiger partial charge in [0.25, 0.3) is 0 Å². The van der Waals surface area contributed by atoms with Crippen molar-refractivity contribution in [1.82, 2.24) is 40.4 Å². The van der Waals surface area contributed by atoms with Crippen LogP contribution in [0.4, 0.5) is 9.59 Å². The van der Waals surface area contributed by atoms with Crippen molar-refractivity contribution in [3.05, 3.63) is 90.1 Å². The number of nitrogens with one attached hydrogen (secondary N) is 4. The SMILES string of the molecule is C=C1c2ccc(-c3ccc4nc([C@@H]5CCCN5C(=O)[C@@H](NC(=O)OC)C(C)C)[nH]c4c3)cc2Oc2ccc(-c3cnc([C@@H]4CCCN4C(=O)[C@@H](NC(=O)OC)C(C)C)[nH]3)cc21. The average Bonchev–Trinajstić information content (AvgIpc) is 4.10. The molecule has 2 saturated heterocycles. The Labute approximate surface area is 354 Å². The molecule has 3 aliphatic rings. The van der Waals surface area contributed by atoms with E-state index in [1.54, 1.807) is 11.1 Å². The molecule has 4 amide bonds. The minimum atomic E-state index is -0.710. The smallest absolute Gasteiger partial charge is 0.407 e. The molecule has 0 bridgehead atoms. The summed E-state index contributed by atoms with van der Waals surface area (Å²) < 4.78 is 16.1. The van der Waals surface area contributed by atoms with E-state index in [9.17, 15) is 19.2 Å². The van der Waals surface area contributed by atoms with Gasteiger partial charge in [-0.15, -0.1) is 0 Å². The highest BCUT2D eigenvalue weighted by molar-refractivity contribution is 5.91. The number of carbonyl (C=O) groups is 4. The van der Waals surface area contributed by atoms with Crippen molar-refractivity contribution in [2.45, 2.75) is 77.5 Å². The third kappa shape index (κ3) is 7.91. The van der Waals surface area contributed by atoms with E-state index in [-0.39, 0.29) is 35.7 Å². The second-order valence-corrected chi connectivity index (χ2v) is 16.6. The fraction of sp³-hybridized carbons (Fsp3) is 0.391. The van der Waals surface area contributed by atoms with E-state index in [4.69, 9.17) is 24.2 Å². The first kappa shape index (κ1) is 41.1. The minimum absolute atomic E-state index is 0.121.